The van der Waals surface area contributed by atoms with Crippen molar-refractivity contribution in [3.8, 4) is 0 Å². The van der Waals surface area contributed by atoms with Gasteiger partial charge in [-0.1, -0.05) is 12.1 Å². The second kappa shape index (κ2) is 8.40. The first-order valence-electron chi connectivity index (χ1n) is 8.57. The maximum atomic E-state index is 12.3. The minimum atomic E-state index is -0.893. The van der Waals surface area contributed by atoms with E-state index in [2.05, 4.69) is 11.1 Å². The zero-order valence-corrected chi connectivity index (χ0v) is 14.8. The van der Waals surface area contributed by atoms with Gasteiger partial charge in [-0.05, 0) is 31.4 Å². The van der Waals surface area contributed by atoms with Crippen molar-refractivity contribution in [2.24, 2.45) is 0 Å². The van der Waals surface area contributed by atoms with Crippen molar-refractivity contribution in [1.82, 2.24) is 9.88 Å². The Morgan fingerprint density at radius 3 is 2.96 bits per heavy atom. The van der Waals surface area contributed by atoms with E-state index in [1.54, 1.807) is 16.2 Å². The Bertz CT molecular complexity index is 713. The molecule has 0 radical (unpaired) electrons. The van der Waals surface area contributed by atoms with E-state index in [4.69, 9.17) is 9.84 Å². The minimum Gasteiger partial charge on any atom is -0.481 e. The summed E-state index contributed by atoms with van der Waals surface area (Å²) in [5.41, 5.74) is 1.04. The molecule has 1 atom stereocenters. The van der Waals surface area contributed by atoms with Gasteiger partial charge in [0.05, 0.1) is 34.4 Å². The summed E-state index contributed by atoms with van der Waals surface area (Å²) in [6.07, 6.45) is 2.67. The van der Waals surface area contributed by atoms with E-state index < -0.39 is 12.1 Å². The van der Waals surface area contributed by atoms with Crippen molar-refractivity contribution >= 4 is 33.4 Å². The summed E-state index contributed by atoms with van der Waals surface area (Å²) in [4.78, 5) is 29.4. The number of morpholine rings is 1. The normalized spacial score (nSPS) is 17.8. The number of ether oxygens (including phenoxy) is 1. The lowest BCUT2D eigenvalue weighted by Crippen LogP contribution is -2.46. The molecule has 2 aromatic rings. The highest BCUT2D eigenvalue weighted by atomic mass is 32.1. The molecular formula is C18H22N2O4S. The molecule has 1 saturated heterocycles. The van der Waals surface area contributed by atoms with Gasteiger partial charge >= 0.3 is 5.97 Å². The van der Waals surface area contributed by atoms with Gasteiger partial charge in [0.15, 0.2) is 0 Å². The highest BCUT2D eigenvalue weighted by Crippen LogP contribution is 2.23. The summed E-state index contributed by atoms with van der Waals surface area (Å²) < 4.78 is 6.60. The number of nitrogens with zero attached hydrogens (tertiary/aromatic N) is 2. The lowest BCUT2D eigenvalue weighted by molar-refractivity contribution is -0.147. The molecule has 6 nitrogen and oxygen atoms in total. The molecule has 0 spiro atoms. The second-order valence-corrected chi connectivity index (χ2v) is 7.33. The van der Waals surface area contributed by atoms with Crippen LogP contribution in [0.25, 0.3) is 10.2 Å². The number of hydrogen-bond donors (Lipinski definition) is 1. The number of rotatable bonds is 7. The fourth-order valence-electron chi connectivity index (χ4n) is 3.00. The van der Waals surface area contributed by atoms with E-state index in [9.17, 15) is 9.59 Å². The number of aliphatic carboxylic acids is 1. The summed E-state index contributed by atoms with van der Waals surface area (Å²) in [5.74, 6) is -0.807. The fraction of sp³-hybridized carbons (Fsp3) is 0.500. The summed E-state index contributed by atoms with van der Waals surface area (Å²) in [5, 5.41) is 9.95. The molecule has 1 amide bonds. The van der Waals surface area contributed by atoms with E-state index in [0.717, 1.165) is 29.8 Å². The number of unbranched alkanes of at least 4 members (excludes halogenated alkanes) is 1. The number of amides is 1. The van der Waals surface area contributed by atoms with Gasteiger partial charge in [0, 0.05) is 19.5 Å². The predicted molar refractivity (Wildman–Crippen MR) is 95.7 cm³/mol. The van der Waals surface area contributed by atoms with Crippen molar-refractivity contribution in [3.63, 3.8) is 0 Å². The van der Waals surface area contributed by atoms with Gasteiger partial charge in [0.2, 0.25) is 5.91 Å². The van der Waals surface area contributed by atoms with Gasteiger partial charge in [-0.2, -0.15) is 0 Å². The largest absolute Gasteiger partial charge is 0.481 e. The van der Waals surface area contributed by atoms with Crippen molar-refractivity contribution in [2.45, 2.75) is 38.2 Å². The Labute approximate surface area is 150 Å². The Morgan fingerprint density at radius 2 is 2.16 bits per heavy atom. The summed E-state index contributed by atoms with van der Waals surface area (Å²) in [6, 6.07) is 8.10. The molecule has 7 heteroatoms. The molecule has 1 aromatic carbocycles. The maximum Gasteiger partial charge on any atom is 0.306 e. The quantitative estimate of drug-likeness (QED) is 0.766. The van der Waals surface area contributed by atoms with E-state index in [1.165, 1.54) is 4.70 Å². The molecule has 134 valence electrons. The Morgan fingerprint density at radius 1 is 1.32 bits per heavy atom. The number of hydrogen-bond acceptors (Lipinski definition) is 5. The summed E-state index contributed by atoms with van der Waals surface area (Å²) >= 11 is 1.71. The molecule has 3 rings (SSSR count). The molecule has 1 aliphatic rings. The third-order valence-electron chi connectivity index (χ3n) is 4.26. The number of carboxylic acid groups (broad SMARTS) is 1. The van der Waals surface area contributed by atoms with Crippen molar-refractivity contribution in [3.05, 3.63) is 29.3 Å². The molecule has 0 saturated carbocycles. The number of aryl methyl sites for hydroxylation is 1. The van der Waals surface area contributed by atoms with Gasteiger partial charge in [-0.3, -0.25) is 9.59 Å². The van der Waals surface area contributed by atoms with Crippen LogP contribution in [0.1, 0.15) is 30.7 Å². The lowest BCUT2D eigenvalue weighted by atomic mass is 10.1. The molecule has 2 heterocycles. The van der Waals surface area contributed by atoms with Gasteiger partial charge in [0.25, 0.3) is 0 Å². The molecule has 1 aromatic heterocycles. The monoisotopic (exact) mass is 362 g/mol. The highest BCUT2D eigenvalue weighted by Gasteiger charge is 2.25. The zero-order valence-electron chi connectivity index (χ0n) is 14.0. The van der Waals surface area contributed by atoms with Crippen LogP contribution in [0.15, 0.2) is 24.3 Å². The number of carbonyl (C=O) groups excluding carboxylic acids is 1. The van der Waals surface area contributed by atoms with Crippen LogP contribution in [0.3, 0.4) is 0 Å². The molecular weight excluding hydrogens is 340 g/mol. The Balaban J connectivity index is 1.40. The smallest absolute Gasteiger partial charge is 0.306 e. The number of fused-ring (bicyclic) bond motifs is 1. The van der Waals surface area contributed by atoms with E-state index in [-0.39, 0.29) is 12.3 Å². The number of benzene rings is 1. The highest BCUT2D eigenvalue weighted by molar-refractivity contribution is 7.18. The van der Waals surface area contributed by atoms with Gasteiger partial charge in [-0.25, -0.2) is 4.98 Å². The first kappa shape index (κ1) is 17.8. The Kier molecular flexibility index (Phi) is 5.99. The van der Waals surface area contributed by atoms with Gasteiger partial charge in [-0.15, -0.1) is 11.3 Å². The molecule has 1 N–H and O–H groups in total. The van der Waals surface area contributed by atoms with Crippen molar-refractivity contribution in [2.75, 3.05) is 19.7 Å². The summed E-state index contributed by atoms with van der Waals surface area (Å²) in [7, 11) is 0. The zero-order chi connectivity index (χ0) is 17.6. The van der Waals surface area contributed by atoms with Crippen LogP contribution >= 0.6 is 11.3 Å². The minimum absolute atomic E-state index is 0.0542. The van der Waals surface area contributed by atoms with Gasteiger partial charge < -0.3 is 14.7 Å². The standard InChI is InChI=1S/C18H22N2O4S/c21-17(20-9-10-24-13(12-20)11-18(22)23)8-4-3-7-16-19-14-5-1-2-6-15(14)25-16/h1-2,5-6,13H,3-4,7-12H2,(H,22,23)/t13-/m0/s1. The van der Waals surface area contributed by atoms with Crippen LogP contribution in [0, 0.1) is 0 Å². The number of para-hydroxylation sites is 1. The van der Waals surface area contributed by atoms with Gasteiger partial charge in [0.1, 0.15) is 0 Å². The number of carboxylic acids is 1. The fourth-order valence-corrected chi connectivity index (χ4v) is 4.01. The lowest BCUT2D eigenvalue weighted by Gasteiger charge is -2.32. The van der Waals surface area contributed by atoms with Crippen LogP contribution in [-0.4, -0.2) is 52.7 Å². The predicted octanol–water partition coefficient (Wildman–Crippen LogP) is 2.71. The number of thiazole rings is 1. The van der Waals surface area contributed by atoms with E-state index >= 15 is 0 Å². The number of aromatic nitrogens is 1. The van der Waals surface area contributed by atoms with E-state index in [1.807, 2.05) is 18.2 Å². The van der Waals surface area contributed by atoms with Crippen LogP contribution in [0.5, 0.6) is 0 Å². The number of carbonyl (C=O) groups is 2. The first-order valence-corrected chi connectivity index (χ1v) is 9.39. The molecule has 0 aliphatic carbocycles. The summed E-state index contributed by atoms with van der Waals surface area (Å²) in [6.45, 7) is 1.34. The third kappa shape index (κ3) is 4.99. The molecule has 0 bridgehead atoms. The van der Waals surface area contributed by atoms with Crippen LogP contribution in [0.4, 0.5) is 0 Å². The topological polar surface area (TPSA) is 79.7 Å². The van der Waals surface area contributed by atoms with E-state index in [0.29, 0.717) is 26.1 Å². The van der Waals surface area contributed by atoms with Crippen LogP contribution in [-0.2, 0) is 20.7 Å². The molecule has 25 heavy (non-hydrogen) atoms. The molecule has 0 unspecified atom stereocenters. The first-order chi connectivity index (χ1) is 12.1. The maximum absolute atomic E-state index is 12.3. The van der Waals surface area contributed by atoms with Crippen molar-refractivity contribution < 1.29 is 19.4 Å². The average Bonchev–Trinajstić information content (AvgIpc) is 3.01. The third-order valence-corrected chi connectivity index (χ3v) is 5.36. The molecule has 1 aliphatic heterocycles. The molecule has 1 fully saturated rings. The second-order valence-electron chi connectivity index (χ2n) is 6.21. The van der Waals surface area contributed by atoms with Crippen LogP contribution in [0.2, 0.25) is 0 Å². The van der Waals surface area contributed by atoms with Crippen LogP contribution < -0.4 is 0 Å². The Hall–Kier alpha value is -1.99. The SMILES string of the molecule is O=C(O)C[C@H]1CN(C(=O)CCCCc2nc3ccccc3s2)CCO1. The average molecular weight is 362 g/mol. The van der Waals surface area contributed by atoms with Crippen molar-refractivity contribution in [1.29, 1.82) is 0 Å².